The number of halogens is 1. The number of aliphatic imine (C=N–C) groups is 1. The van der Waals surface area contributed by atoms with E-state index in [-0.39, 0.29) is 11.2 Å². The minimum absolute atomic E-state index is 0.0526. The van der Waals surface area contributed by atoms with Crippen LogP contribution in [0.1, 0.15) is 51.2 Å². The fourth-order valence-electron chi connectivity index (χ4n) is 4.02. The van der Waals surface area contributed by atoms with E-state index in [1.54, 1.807) is 18.3 Å². The maximum absolute atomic E-state index is 10.7. The van der Waals surface area contributed by atoms with Crippen molar-refractivity contribution in [1.82, 2.24) is 0 Å². The van der Waals surface area contributed by atoms with Gasteiger partial charge in [-0.25, -0.2) is 0 Å². The van der Waals surface area contributed by atoms with Crippen LogP contribution in [0.5, 0.6) is 0 Å². The molecular weight excluding hydrogens is 362 g/mol. The van der Waals surface area contributed by atoms with E-state index in [2.05, 4.69) is 43.7 Å². The Morgan fingerprint density at radius 2 is 2.00 bits per heavy atom. The third-order valence-corrected chi connectivity index (χ3v) is 5.56. The highest BCUT2D eigenvalue weighted by Gasteiger charge is 2.35. The lowest BCUT2D eigenvalue weighted by Crippen LogP contribution is -2.48. The van der Waals surface area contributed by atoms with Gasteiger partial charge in [0.2, 0.25) is 0 Å². The van der Waals surface area contributed by atoms with Gasteiger partial charge in [0.05, 0.1) is 15.6 Å². The lowest BCUT2D eigenvalue weighted by atomic mass is 9.79. The van der Waals surface area contributed by atoms with Gasteiger partial charge >= 0.3 is 0 Å². The third-order valence-electron chi connectivity index (χ3n) is 5.23. The van der Waals surface area contributed by atoms with Crippen LogP contribution in [0.4, 0.5) is 17.1 Å². The van der Waals surface area contributed by atoms with Crippen molar-refractivity contribution >= 4 is 34.9 Å². The number of rotatable bonds is 4. The number of hydrogen-bond donors (Lipinski definition) is 0. The summed E-state index contributed by atoms with van der Waals surface area (Å²) < 4.78 is 0. The van der Waals surface area contributed by atoms with Crippen molar-refractivity contribution in [2.24, 2.45) is 4.99 Å². The highest BCUT2D eigenvalue weighted by molar-refractivity contribution is 6.33. The van der Waals surface area contributed by atoms with Gasteiger partial charge in [0, 0.05) is 41.7 Å². The number of benzene rings is 2. The molecule has 0 bridgehead atoms. The monoisotopic (exact) mass is 385 g/mol. The van der Waals surface area contributed by atoms with E-state index >= 15 is 0 Å². The fraction of sp³-hybridized carbons (Fsp3) is 0.381. The molecule has 2 aromatic carbocycles. The van der Waals surface area contributed by atoms with Gasteiger partial charge in [0.1, 0.15) is 0 Å². The van der Waals surface area contributed by atoms with Gasteiger partial charge in [-0.2, -0.15) is 0 Å². The van der Waals surface area contributed by atoms with Crippen LogP contribution in [0.2, 0.25) is 5.02 Å². The molecule has 0 N–H and O–H groups in total. The molecule has 1 unspecified atom stereocenters. The Kier molecular flexibility index (Phi) is 5.24. The lowest BCUT2D eigenvalue weighted by Gasteiger charge is -2.47. The molecule has 1 aliphatic rings. The van der Waals surface area contributed by atoms with Gasteiger partial charge in [0.25, 0.3) is 5.69 Å². The molecule has 0 saturated carbocycles. The van der Waals surface area contributed by atoms with E-state index in [0.29, 0.717) is 16.6 Å². The Labute approximate surface area is 164 Å². The first-order chi connectivity index (χ1) is 12.7. The number of nitro benzene ring substituents is 1. The number of non-ortho nitro benzene ring substituents is 1. The molecule has 0 aromatic heterocycles. The zero-order valence-electron chi connectivity index (χ0n) is 16.1. The Balaban J connectivity index is 1.94. The summed E-state index contributed by atoms with van der Waals surface area (Å²) >= 11 is 6.55. The molecule has 0 spiro atoms. The SMILES string of the molecule is CCN1c2cc(Cl)c(C=Nc3ccc([N+](=O)[O-])cc3)cc2C(C)CC1(C)C. The van der Waals surface area contributed by atoms with Crippen molar-refractivity contribution in [2.75, 3.05) is 11.4 Å². The summed E-state index contributed by atoms with van der Waals surface area (Å²) in [7, 11) is 0. The summed E-state index contributed by atoms with van der Waals surface area (Å²) in [5.74, 6) is 0.432. The summed E-state index contributed by atoms with van der Waals surface area (Å²) in [4.78, 5) is 17.2. The first kappa shape index (κ1) is 19.4. The Morgan fingerprint density at radius 3 is 2.59 bits per heavy atom. The van der Waals surface area contributed by atoms with E-state index in [0.717, 1.165) is 18.5 Å². The molecule has 0 radical (unpaired) electrons. The van der Waals surface area contributed by atoms with Crippen molar-refractivity contribution in [3.63, 3.8) is 0 Å². The molecule has 1 atom stereocenters. The van der Waals surface area contributed by atoms with Crippen LogP contribution in [-0.4, -0.2) is 23.2 Å². The van der Waals surface area contributed by atoms with Crippen LogP contribution in [0.3, 0.4) is 0 Å². The second kappa shape index (κ2) is 7.31. The maximum atomic E-state index is 10.7. The summed E-state index contributed by atoms with van der Waals surface area (Å²) in [6.45, 7) is 9.89. The Hall–Kier alpha value is -2.40. The van der Waals surface area contributed by atoms with Crippen LogP contribution in [0.25, 0.3) is 0 Å². The second-order valence-corrected chi connectivity index (χ2v) is 8.03. The van der Waals surface area contributed by atoms with Crippen molar-refractivity contribution in [3.05, 3.63) is 62.7 Å². The molecule has 0 amide bonds. The van der Waals surface area contributed by atoms with E-state index in [9.17, 15) is 10.1 Å². The van der Waals surface area contributed by atoms with E-state index in [4.69, 9.17) is 11.6 Å². The van der Waals surface area contributed by atoms with Crippen molar-refractivity contribution in [1.29, 1.82) is 0 Å². The van der Waals surface area contributed by atoms with Gasteiger partial charge in [-0.15, -0.1) is 0 Å². The summed E-state index contributed by atoms with van der Waals surface area (Å²) in [6.07, 6.45) is 2.81. The van der Waals surface area contributed by atoms with Crippen molar-refractivity contribution in [2.45, 2.75) is 45.6 Å². The zero-order chi connectivity index (χ0) is 19.8. The minimum Gasteiger partial charge on any atom is -0.366 e. The quantitative estimate of drug-likeness (QED) is 0.362. The van der Waals surface area contributed by atoms with Crippen LogP contribution in [0.15, 0.2) is 41.4 Å². The molecule has 142 valence electrons. The minimum atomic E-state index is -0.420. The highest BCUT2D eigenvalue weighted by atomic mass is 35.5. The maximum Gasteiger partial charge on any atom is 0.269 e. The van der Waals surface area contributed by atoms with Crippen molar-refractivity contribution in [3.8, 4) is 0 Å². The molecule has 1 heterocycles. The topological polar surface area (TPSA) is 58.7 Å². The molecule has 6 heteroatoms. The summed E-state index contributed by atoms with van der Waals surface area (Å²) in [6, 6.07) is 10.3. The van der Waals surface area contributed by atoms with Crippen LogP contribution in [0, 0.1) is 10.1 Å². The third kappa shape index (κ3) is 3.83. The summed E-state index contributed by atoms with van der Waals surface area (Å²) in [5, 5.41) is 11.4. The van der Waals surface area contributed by atoms with Crippen LogP contribution < -0.4 is 4.90 Å². The number of anilines is 1. The van der Waals surface area contributed by atoms with Gasteiger partial charge in [-0.3, -0.25) is 15.1 Å². The van der Waals surface area contributed by atoms with Crippen molar-refractivity contribution < 1.29 is 4.92 Å². The molecule has 3 rings (SSSR count). The van der Waals surface area contributed by atoms with Crippen LogP contribution >= 0.6 is 11.6 Å². The largest absolute Gasteiger partial charge is 0.366 e. The number of nitrogens with zero attached hydrogens (tertiary/aromatic N) is 3. The van der Waals surface area contributed by atoms with Gasteiger partial charge in [-0.05, 0) is 62.9 Å². The molecular formula is C21H24ClN3O2. The Morgan fingerprint density at radius 1 is 1.33 bits per heavy atom. The Bertz CT molecular complexity index is 891. The van der Waals surface area contributed by atoms with Gasteiger partial charge < -0.3 is 4.90 Å². The van der Waals surface area contributed by atoms with E-state index in [1.165, 1.54) is 23.4 Å². The molecule has 0 aliphatic carbocycles. The molecule has 27 heavy (non-hydrogen) atoms. The fourth-order valence-corrected chi connectivity index (χ4v) is 4.23. The molecule has 5 nitrogen and oxygen atoms in total. The van der Waals surface area contributed by atoms with E-state index < -0.39 is 4.92 Å². The zero-order valence-corrected chi connectivity index (χ0v) is 16.8. The van der Waals surface area contributed by atoms with Gasteiger partial charge in [-0.1, -0.05) is 18.5 Å². The van der Waals surface area contributed by atoms with E-state index in [1.807, 2.05) is 6.07 Å². The molecule has 1 aliphatic heterocycles. The predicted molar refractivity (Wildman–Crippen MR) is 112 cm³/mol. The lowest BCUT2D eigenvalue weighted by molar-refractivity contribution is -0.384. The normalized spacial score (nSPS) is 18.6. The highest BCUT2D eigenvalue weighted by Crippen LogP contribution is 2.44. The molecule has 0 fully saturated rings. The molecule has 0 saturated heterocycles. The molecule has 2 aromatic rings. The summed E-state index contributed by atoms with van der Waals surface area (Å²) in [5.41, 5.74) is 4.13. The first-order valence-corrected chi connectivity index (χ1v) is 9.50. The second-order valence-electron chi connectivity index (χ2n) is 7.63. The number of fused-ring (bicyclic) bond motifs is 1. The standard InChI is InChI=1S/C21H24ClN3O2/c1-5-24-20-11-19(22)15(10-18(20)14(2)12-21(24,3)4)13-23-16-6-8-17(9-7-16)25(26)27/h6-11,13-14H,5,12H2,1-4H3. The van der Waals surface area contributed by atoms with Gasteiger partial charge in [0.15, 0.2) is 0 Å². The van der Waals surface area contributed by atoms with Crippen LogP contribution in [-0.2, 0) is 0 Å². The smallest absolute Gasteiger partial charge is 0.269 e. The number of nitro groups is 1. The average Bonchev–Trinajstić information content (AvgIpc) is 2.60. The first-order valence-electron chi connectivity index (χ1n) is 9.12. The average molecular weight is 386 g/mol. The predicted octanol–water partition coefficient (Wildman–Crippen LogP) is 6.11. The number of hydrogen-bond acceptors (Lipinski definition) is 4.